The molecule has 0 amide bonds. The molecule has 0 heterocycles. The van der Waals surface area contributed by atoms with E-state index in [1.807, 2.05) is 0 Å². The van der Waals surface area contributed by atoms with Crippen molar-refractivity contribution in [2.75, 3.05) is 12.4 Å². The molecule has 0 radical (unpaired) electrons. The van der Waals surface area contributed by atoms with Crippen molar-refractivity contribution in [2.24, 2.45) is 0 Å². The second-order valence-corrected chi connectivity index (χ2v) is 3.79. The summed E-state index contributed by atoms with van der Waals surface area (Å²) in [5, 5.41) is 3.12. The van der Waals surface area contributed by atoms with Gasteiger partial charge in [-0.05, 0) is 30.7 Å². The molecule has 0 spiro atoms. The van der Waals surface area contributed by atoms with Crippen LogP contribution in [0.3, 0.4) is 0 Å². The Kier molecular flexibility index (Phi) is 5.58. The van der Waals surface area contributed by atoms with Crippen LogP contribution < -0.4 is 10.1 Å². The number of rotatable bonds is 6. The zero-order chi connectivity index (χ0) is 12.7. The van der Waals surface area contributed by atoms with Gasteiger partial charge in [0.15, 0.2) is 0 Å². The smallest absolute Gasteiger partial charge is 0.406 e. The van der Waals surface area contributed by atoms with Crippen molar-refractivity contribution < 1.29 is 17.9 Å². The van der Waals surface area contributed by atoms with Crippen molar-refractivity contribution in [1.82, 2.24) is 5.32 Å². The van der Waals surface area contributed by atoms with Gasteiger partial charge in [0.25, 0.3) is 0 Å². The number of nitrogens with one attached hydrogen (secondary N) is 1. The van der Waals surface area contributed by atoms with Gasteiger partial charge in [-0.3, -0.25) is 0 Å². The molecular formula is C11H13ClF3NO. The molecule has 0 aliphatic carbocycles. The van der Waals surface area contributed by atoms with E-state index in [-0.39, 0.29) is 5.75 Å². The first kappa shape index (κ1) is 14.1. The van der Waals surface area contributed by atoms with Crippen LogP contribution in [-0.4, -0.2) is 18.8 Å². The first-order valence-corrected chi connectivity index (χ1v) is 5.66. The van der Waals surface area contributed by atoms with E-state index in [9.17, 15) is 13.2 Å². The molecule has 0 aliphatic heterocycles. The summed E-state index contributed by atoms with van der Waals surface area (Å²) in [6.45, 7) is 1.38. The van der Waals surface area contributed by atoms with Crippen LogP contribution in [0.5, 0.6) is 5.75 Å². The van der Waals surface area contributed by atoms with Gasteiger partial charge >= 0.3 is 6.36 Å². The highest BCUT2D eigenvalue weighted by molar-refractivity contribution is 6.17. The predicted octanol–water partition coefficient (Wildman–Crippen LogP) is 3.30. The first-order valence-electron chi connectivity index (χ1n) is 5.12. The molecule has 17 heavy (non-hydrogen) atoms. The van der Waals surface area contributed by atoms with E-state index in [2.05, 4.69) is 10.1 Å². The summed E-state index contributed by atoms with van der Waals surface area (Å²) < 4.78 is 39.4. The number of ether oxygens (including phenoxy) is 1. The fourth-order valence-corrected chi connectivity index (χ4v) is 1.37. The third-order valence-electron chi connectivity index (χ3n) is 1.97. The summed E-state index contributed by atoms with van der Waals surface area (Å²) in [4.78, 5) is 0. The highest BCUT2D eigenvalue weighted by Gasteiger charge is 2.30. The quantitative estimate of drug-likeness (QED) is 0.631. The van der Waals surface area contributed by atoms with E-state index < -0.39 is 6.36 Å². The number of hydrogen-bond donors (Lipinski definition) is 1. The van der Waals surface area contributed by atoms with Crippen LogP contribution in [0.25, 0.3) is 0 Å². The van der Waals surface area contributed by atoms with E-state index in [1.54, 1.807) is 12.1 Å². The van der Waals surface area contributed by atoms with Crippen LogP contribution in [0.15, 0.2) is 24.3 Å². The van der Waals surface area contributed by atoms with Crippen molar-refractivity contribution in [3.63, 3.8) is 0 Å². The zero-order valence-corrected chi connectivity index (χ0v) is 9.81. The monoisotopic (exact) mass is 267 g/mol. The molecular weight excluding hydrogens is 255 g/mol. The summed E-state index contributed by atoms with van der Waals surface area (Å²) >= 11 is 5.50. The van der Waals surface area contributed by atoms with Crippen molar-refractivity contribution >= 4 is 11.6 Å². The Morgan fingerprint density at radius 1 is 1.18 bits per heavy atom. The Hall–Kier alpha value is -0.940. The predicted molar refractivity (Wildman–Crippen MR) is 60.2 cm³/mol. The Morgan fingerprint density at radius 3 is 2.35 bits per heavy atom. The second-order valence-electron chi connectivity index (χ2n) is 3.41. The molecule has 0 unspecified atom stereocenters. The Balaban J connectivity index is 2.39. The normalized spacial score (nSPS) is 11.5. The van der Waals surface area contributed by atoms with Crippen LogP contribution in [0.1, 0.15) is 12.0 Å². The average molecular weight is 268 g/mol. The number of hydrogen-bond acceptors (Lipinski definition) is 2. The molecule has 0 aliphatic rings. The Labute approximate surface area is 103 Å². The van der Waals surface area contributed by atoms with Crippen LogP contribution in [0.2, 0.25) is 0 Å². The fourth-order valence-electron chi connectivity index (χ4n) is 1.23. The largest absolute Gasteiger partial charge is 0.573 e. The molecule has 2 nitrogen and oxygen atoms in total. The maximum atomic E-state index is 11.9. The van der Waals surface area contributed by atoms with E-state index in [1.165, 1.54) is 12.1 Å². The van der Waals surface area contributed by atoms with Crippen molar-refractivity contribution in [3.8, 4) is 5.75 Å². The maximum absolute atomic E-state index is 11.9. The summed E-state index contributed by atoms with van der Waals surface area (Å²) in [7, 11) is 0. The molecule has 1 aromatic rings. The van der Waals surface area contributed by atoms with Gasteiger partial charge in [-0.2, -0.15) is 0 Å². The average Bonchev–Trinajstić information content (AvgIpc) is 2.25. The fraction of sp³-hybridized carbons (Fsp3) is 0.455. The minimum absolute atomic E-state index is 0.206. The molecule has 1 aromatic carbocycles. The molecule has 0 aromatic heterocycles. The lowest BCUT2D eigenvalue weighted by atomic mass is 10.2. The molecule has 0 saturated heterocycles. The summed E-state index contributed by atoms with van der Waals surface area (Å²) in [5.74, 6) is 0.382. The SMILES string of the molecule is FC(F)(F)Oc1ccc(CNCCCCl)cc1. The van der Waals surface area contributed by atoms with Crippen molar-refractivity contribution in [1.29, 1.82) is 0 Å². The lowest BCUT2D eigenvalue weighted by Crippen LogP contribution is -2.17. The van der Waals surface area contributed by atoms with E-state index >= 15 is 0 Å². The Morgan fingerprint density at radius 2 is 1.82 bits per heavy atom. The molecule has 0 bridgehead atoms. The van der Waals surface area contributed by atoms with Gasteiger partial charge in [-0.1, -0.05) is 12.1 Å². The minimum atomic E-state index is -4.64. The topological polar surface area (TPSA) is 21.3 Å². The molecule has 1 rings (SSSR count). The van der Waals surface area contributed by atoms with Crippen LogP contribution in [0.4, 0.5) is 13.2 Å². The van der Waals surface area contributed by atoms with Gasteiger partial charge in [0.05, 0.1) is 0 Å². The lowest BCUT2D eigenvalue weighted by molar-refractivity contribution is -0.274. The summed E-state index contributed by atoms with van der Waals surface area (Å²) in [6, 6.07) is 5.78. The molecule has 96 valence electrons. The lowest BCUT2D eigenvalue weighted by Gasteiger charge is -2.09. The van der Waals surface area contributed by atoms with Crippen molar-refractivity contribution in [2.45, 2.75) is 19.3 Å². The highest BCUT2D eigenvalue weighted by Crippen LogP contribution is 2.22. The van der Waals surface area contributed by atoms with Gasteiger partial charge in [-0.15, -0.1) is 24.8 Å². The van der Waals surface area contributed by atoms with E-state index in [0.29, 0.717) is 12.4 Å². The second kappa shape index (κ2) is 6.71. The molecule has 0 atom stereocenters. The van der Waals surface area contributed by atoms with Gasteiger partial charge in [0.1, 0.15) is 5.75 Å². The number of halogens is 4. The van der Waals surface area contributed by atoms with Gasteiger partial charge in [-0.25, -0.2) is 0 Å². The van der Waals surface area contributed by atoms with Gasteiger partial charge in [0, 0.05) is 12.4 Å². The summed E-state index contributed by atoms with van der Waals surface area (Å²) in [6.07, 6.45) is -3.78. The number of benzene rings is 1. The van der Waals surface area contributed by atoms with Crippen LogP contribution in [0, 0.1) is 0 Å². The van der Waals surface area contributed by atoms with Gasteiger partial charge < -0.3 is 10.1 Å². The maximum Gasteiger partial charge on any atom is 0.573 e. The van der Waals surface area contributed by atoms with Crippen LogP contribution in [-0.2, 0) is 6.54 Å². The highest BCUT2D eigenvalue weighted by atomic mass is 35.5. The van der Waals surface area contributed by atoms with Gasteiger partial charge in [0.2, 0.25) is 0 Å². The third-order valence-corrected chi connectivity index (χ3v) is 2.24. The Bertz CT molecular complexity index is 326. The molecule has 0 fully saturated rings. The molecule has 1 N–H and O–H groups in total. The zero-order valence-electron chi connectivity index (χ0n) is 9.06. The standard InChI is InChI=1S/C11H13ClF3NO/c12-6-1-7-16-8-9-2-4-10(5-3-9)17-11(13,14)15/h2-5,16H,1,6-8H2. The third kappa shape index (κ3) is 6.38. The molecule has 0 saturated carbocycles. The van der Waals surface area contributed by atoms with E-state index in [0.717, 1.165) is 18.5 Å². The number of alkyl halides is 4. The summed E-state index contributed by atoms with van der Waals surface area (Å²) in [5.41, 5.74) is 0.897. The van der Waals surface area contributed by atoms with E-state index in [4.69, 9.17) is 11.6 Å². The van der Waals surface area contributed by atoms with Crippen molar-refractivity contribution in [3.05, 3.63) is 29.8 Å². The first-order chi connectivity index (χ1) is 8.01. The molecule has 6 heteroatoms. The van der Waals surface area contributed by atoms with Crippen LogP contribution >= 0.6 is 11.6 Å². The minimum Gasteiger partial charge on any atom is -0.406 e.